The number of hydrogen-bond donors (Lipinski definition) is 0. The van der Waals surface area contributed by atoms with Crippen molar-refractivity contribution in [1.29, 1.82) is 0 Å². The molecule has 0 heterocycles. The molecule has 0 aliphatic carbocycles. The van der Waals surface area contributed by atoms with Crippen molar-refractivity contribution in [1.82, 2.24) is 0 Å². The highest BCUT2D eigenvalue weighted by Crippen LogP contribution is 2.31. The molecule has 1 aromatic carbocycles. The molecule has 0 aromatic heterocycles. The Morgan fingerprint density at radius 2 is 2.08 bits per heavy atom. The third-order valence-corrected chi connectivity index (χ3v) is 2.32. The lowest BCUT2D eigenvalue weighted by Crippen LogP contribution is -1.98. The van der Waals surface area contributed by atoms with Crippen LogP contribution in [0, 0.1) is 12.7 Å². The van der Waals surface area contributed by atoms with Crippen molar-refractivity contribution in [3.05, 3.63) is 34.1 Å². The molecule has 0 saturated carbocycles. The van der Waals surface area contributed by atoms with Crippen LogP contribution in [-0.2, 0) is 0 Å². The summed E-state index contributed by atoms with van der Waals surface area (Å²) in [5.74, 6) is -0.526. The van der Waals surface area contributed by atoms with Gasteiger partial charge < -0.3 is 0 Å². The van der Waals surface area contributed by atoms with Crippen LogP contribution in [0.5, 0.6) is 0 Å². The maximum atomic E-state index is 13.4. The molecule has 0 N–H and O–H groups in total. The summed E-state index contributed by atoms with van der Waals surface area (Å²) in [5, 5.41) is 0.164. The predicted molar refractivity (Wildman–Crippen MR) is 50.3 cm³/mol. The average Bonchev–Trinajstić information content (AvgIpc) is 2.12. The molecule has 0 spiro atoms. The third-order valence-electron chi connectivity index (χ3n) is 1.99. The van der Waals surface area contributed by atoms with Gasteiger partial charge in [0.2, 0.25) is 0 Å². The molecular formula is C10H11ClF2. The maximum Gasteiger partial charge on any atom is 0.133 e. The number of rotatable bonds is 2. The van der Waals surface area contributed by atoms with Gasteiger partial charge in [-0.25, -0.2) is 8.78 Å². The summed E-state index contributed by atoms with van der Waals surface area (Å²) in [4.78, 5) is 0. The lowest BCUT2D eigenvalue weighted by Gasteiger charge is -2.10. The van der Waals surface area contributed by atoms with Gasteiger partial charge in [0.1, 0.15) is 12.0 Å². The summed E-state index contributed by atoms with van der Waals surface area (Å²) in [6.45, 7) is 3.25. The van der Waals surface area contributed by atoms with Gasteiger partial charge in [0.05, 0.1) is 0 Å². The van der Waals surface area contributed by atoms with Crippen molar-refractivity contribution in [3.8, 4) is 0 Å². The van der Waals surface area contributed by atoms with Crippen LogP contribution in [0.25, 0.3) is 0 Å². The van der Waals surface area contributed by atoms with Crippen LogP contribution in [-0.4, -0.2) is 0 Å². The van der Waals surface area contributed by atoms with Crippen LogP contribution in [0.4, 0.5) is 8.78 Å². The van der Waals surface area contributed by atoms with E-state index < -0.39 is 12.0 Å². The molecule has 1 atom stereocenters. The van der Waals surface area contributed by atoms with Gasteiger partial charge in [0.25, 0.3) is 0 Å². The maximum absolute atomic E-state index is 13.4. The minimum atomic E-state index is -1.31. The van der Waals surface area contributed by atoms with Gasteiger partial charge in [-0.3, -0.25) is 0 Å². The van der Waals surface area contributed by atoms with E-state index in [-0.39, 0.29) is 17.0 Å². The van der Waals surface area contributed by atoms with Crippen molar-refractivity contribution >= 4 is 11.6 Å². The monoisotopic (exact) mass is 204 g/mol. The highest BCUT2D eigenvalue weighted by Gasteiger charge is 2.17. The zero-order chi connectivity index (χ0) is 10.0. The Kier molecular flexibility index (Phi) is 3.26. The first-order valence-electron chi connectivity index (χ1n) is 4.16. The molecule has 72 valence electrons. The van der Waals surface area contributed by atoms with Crippen molar-refractivity contribution in [2.45, 2.75) is 26.4 Å². The van der Waals surface area contributed by atoms with Crippen LogP contribution in [0.2, 0.25) is 5.02 Å². The van der Waals surface area contributed by atoms with Gasteiger partial charge in [-0.15, -0.1) is 0 Å². The second kappa shape index (κ2) is 4.05. The second-order valence-corrected chi connectivity index (χ2v) is 3.37. The van der Waals surface area contributed by atoms with E-state index in [2.05, 4.69) is 0 Å². The molecule has 0 aliphatic rings. The second-order valence-electron chi connectivity index (χ2n) is 2.97. The summed E-state index contributed by atoms with van der Waals surface area (Å²) >= 11 is 5.70. The van der Waals surface area contributed by atoms with Gasteiger partial charge in [-0.2, -0.15) is 0 Å². The zero-order valence-corrected chi connectivity index (χ0v) is 8.33. The van der Waals surface area contributed by atoms with E-state index in [1.165, 1.54) is 6.07 Å². The lowest BCUT2D eigenvalue weighted by molar-refractivity contribution is 0.323. The van der Waals surface area contributed by atoms with Crippen molar-refractivity contribution in [3.63, 3.8) is 0 Å². The van der Waals surface area contributed by atoms with Crippen LogP contribution in [0.15, 0.2) is 12.1 Å². The van der Waals surface area contributed by atoms with Crippen LogP contribution < -0.4 is 0 Å². The molecule has 0 bridgehead atoms. The van der Waals surface area contributed by atoms with E-state index in [1.54, 1.807) is 19.9 Å². The summed E-state index contributed by atoms with van der Waals surface area (Å²) in [5.41, 5.74) is 0.416. The molecular weight excluding hydrogens is 194 g/mol. The minimum absolute atomic E-state index is 0.0100. The Balaban J connectivity index is 3.25. The van der Waals surface area contributed by atoms with E-state index in [0.29, 0.717) is 5.56 Å². The number of hydrogen-bond acceptors (Lipinski definition) is 0. The molecule has 0 amide bonds. The third kappa shape index (κ3) is 1.99. The van der Waals surface area contributed by atoms with Gasteiger partial charge in [0.15, 0.2) is 0 Å². The first-order valence-corrected chi connectivity index (χ1v) is 4.54. The number of halogens is 3. The molecule has 1 rings (SSSR count). The number of benzene rings is 1. The summed E-state index contributed by atoms with van der Waals surface area (Å²) in [6, 6.07) is 3.07. The van der Waals surface area contributed by atoms with E-state index in [1.807, 2.05) is 0 Å². The van der Waals surface area contributed by atoms with Crippen LogP contribution in [0.1, 0.15) is 30.6 Å². The molecule has 0 saturated heterocycles. The Hall–Kier alpha value is -0.630. The molecule has 0 aliphatic heterocycles. The Labute approximate surface area is 81.5 Å². The Bertz CT molecular complexity index is 310. The Morgan fingerprint density at radius 3 is 2.62 bits per heavy atom. The normalized spacial score (nSPS) is 13.0. The average molecular weight is 205 g/mol. The highest BCUT2D eigenvalue weighted by atomic mass is 35.5. The number of alkyl halides is 1. The topological polar surface area (TPSA) is 0 Å². The van der Waals surface area contributed by atoms with Crippen molar-refractivity contribution in [2.75, 3.05) is 0 Å². The highest BCUT2D eigenvalue weighted by molar-refractivity contribution is 6.31. The quantitative estimate of drug-likeness (QED) is 0.677. The van der Waals surface area contributed by atoms with Gasteiger partial charge in [-0.05, 0) is 25.0 Å². The fourth-order valence-electron chi connectivity index (χ4n) is 1.17. The number of aryl methyl sites for hydroxylation is 1. The fraction of sp³-hybridized carbons (Fsp3) is 0.400. The van der Waals surface area contributed by atoms with Crippen LogP contribution in [0.3, 0.4) is 0 Å². The molecule has 0 nitrogen and oxygen atoms in total. The fourth-order valence-corrected chi connectivity index (χ4v) is 1.43. The lowest BCUT2D eigenvalue weighted by atomic mass is 10.0. The van der Waals surface area contributed by atoms with E-state index in [4.69, 9.17) is 11.6 Å². The minimum Gasteiger partial charge on any atom is -0.242 e. The molecule has 1 unspecified atom stereocenters. The van der Waals surface area contributed by atoms with Gasteiger partial charge in [-0.1, -0.05) is 24.6 Å². The first kappa shape index (κ1) is 10.5. The molecule has 0 radical (unpaired) electrons. The predicted octanol–water partition coefficient (Wildman–Crippen LogP) is 4.21. The Morgan fingerprint density at radius 1 is 1.46 bits per heavy atom. The molecule has 0 fully saturated rings. The van der Waals surface area contributed by atoms with Crippen LogP contribution >= 0.6 is 11.6 Å². The van der Waals surface area contributed by atoms with Gasteiger partial charge >= 0.3 is 0 Å². The van der Waals surface area contributed by atoms with E-state index in [0.717, 1.165) is 0 Å². The zero-order valence-electron chi connectivity index (χ0n) is 7.57. The first-order chi connectivity index (χ1) is 6.07. The molecule has 3 heteroatoms. The summed E-state index contributed by atoms with van der Waals surface area (Å²) in [7, 11) is 0. The van der Waals surface area contributed by atoms with E-state index >= 15 is 0 Å². The van der Waals surface area contributed by atoms with Crippen molar-refractivity contribution < 1.29 is 8.78 Å². The molecule has 13 heavy (non-hydrogen) atoms. The molecule has 1 aromatic rings. The SMILES string of the molecule is CCC(F)c1c(Cl)ccc(C)c1F. The smallest absolute Gasteiger partial charge is 0.133 e. The summed E-state index contributed by atoms with van der Waals surface area (Å²) < 4.78 is 26.6. The van der Waals surface area contributed by atoms with E-state index in [9.17, 15) is 8.78 Å². The standard InChI is InChI=1S/C10H11ClF2/c1-3-8(12)9-7(11)5-4-6(2)10(9)13/h4-5,8H,3H2,1-2H3. The summed E-state index contributed by atoms with van der Waals surface area (Å²) in [6.07, 6.45) is -1.08. The largest absolute Gasteiger partial charge is 0.242 e. The van der Waals surface area contributed by atoms with Gasteiger partial charge in [0, 0.05) is 10.6 Å². The van der Waals surface area contributed by atoms with Crippen molar-refractivity contribution in [2.24, 2.45) is 0 Å².